The zero-order chi connectivity index (χ0) is 85.7. The van der Waals surface area contributed by atoms with E-state index < -0.39 is 46.5 Å². The van der Waals surface area contributed by atoms with E-state index in [1.165, 1.54) is 122 Å². The maximum absolute atomic E-state index is 14.2. The standard InChI is InChI=1S/C16H14ClF2I.C16H15ClF2.2C12H6BrClF2.2C6H4BClFO2.C6H3BrClF.C6H3BrFI.C4H8O/c1-2-3-4-10-5-6-12(14(18)7-10)11-8-13(17)16(20)15(19)9-11;1-2-3-4-11-5-6-15(16(19)7-11)12-8-13(17)10-14(18)9-12;2*13-8-1-2-11(12(16)5-8)7-3-9(14)6-10(15)4-7;2*8-4-1-5(9)3-6(2-4)11-7-10;7-4-1-5(8)3-6(9)2-4;7-4-1-2-6(9)5(8)3-4;1-2-4-5-3-1/h5-9H,2-4H2,1H3;5-10H,2-4H2,1H3;2*1-6H;2*1-3,10H;2*1-3H;1-4H2. The van der Waals surface area contributed by atoms with Gasteiger partial charge in [0.1, 0.15) is 81.3 Å². The Morgan fingerprint density at radius 2 is 0.664 bits per heavy atom. The van der Waals surface area contributed by atoms with Crippen LogP contribution in [0.2, 0.25) is 35.2 Å². The summed E-state index contributed by atoms with van der Waals surface area (Å²) in [6.45, 7) is 6.20. The third-order valence-electron chi connectivity index (χ3n) is 15.0. The lowest BCUT2D eigenvalue weighted by atomic mass is 10.0. The van der Waals surface area contributed by atoms with Gasteiger partial charge in [0.05, 0.1) is 8.59 Å². The second-order valence-corrected chi connectivity index (χ2v) is 32.9. The Labute approximate surface area is 762 Å². The Balaban J connectivity index is 0.000000238. The van der Waals surface area contributed by atoms with Gasteiger partial charge >= 0.3 is 15.4 Å². The molecule has 2 N–H and O–H groups in total. The van der Waals surface area contributed by atoms with Crippen LogP contribution in [0.15, 0.2) is 230 Å². The number of aryl methyl sites for hydroxylation is 2. The first-order chi connectivity index (χ1) is 55.1. The van der Waals surface area contributed by atoms with Gasteiger partial charge in [0.15, 0.2) is 0 Å². The first-order valence-corrected chi connectivity index (χ1v) is 42.0. The Morgan fingerprint density at radius 1 is 0.345 bits per heavy atom. The van der Waals surface area contributed by atoms with Crippen LogP contribution in [0.1, 0.15) is 63.5 Å². The second kappa shape index (κ2) is 53.6. The van der Waals surface area contributed by atoms with E-state index in [0.29, 0.717) is 90.5 Å². The topological polar surface area (TPSA) is 68.2 Å². The molecule has 610 valence electrons. The number of hydrogen-bond donors (Lipinski definition) is 2. The van der Waals surface area contributed by atoms with Crippen molar-refractivity contribution >= 4 is 205 Å². The number of ether oxygens (including phenoxy) is 1. The van der Waals surface area contributed by atoms with Crippen LogP contribution in [-0.4, -0.2) is 38.6 Å². The van der Waals surface area contributed by atoms with Crippen molar-refractivity contribution < 1.29 is 76.8 Å². The quantitative estimate of drug-likeness (QED) is 0.0373. The molecule has 1 aliphatic heterocycles. The van der Waals surface area contributed by atoms with E-state index in [9.17, 15) is 52.7 Å². The molecule has 32 heteroatoms. The summed E-state index contributed by atoms with van der Waals surface area (Å²) >= 11 is 55.9. The van der Waals surface area contributed by atoms with Crippen molar-refractivity contribution in [3.05, 3.63) is 353 Å². The molecule has 1 fully saturated rings. The number of hydrogen-bond acceptors (Lipinski definition) is 5. The number of halogens is 25. The highest BCUT2D eigenvalue weighted by Crippen LogP contribution is 2.35. The van der Waals surface area contributed by atoms with Crippen LogP contribution < -0.4 is 9.31 Å². The van der Waals surface area contributed by atoms with Gasteiger partial charge in [-0.25, -0.2) is 52.7 Å². The number of benzene rings is 12. The van der Waals surface area contributed by atoms with Gasteiger partial charge in [0.2, 0.25) is 0 Å². The molecular weight excluding hydrogens is 2160 g/mol. The first kappa shape index (κ1) is 101. The molecule has 1 heterocycles. The lowest BCUT2D eigenvalue weighted by Gasteiger charge is -2.08. The molecule has 0 unspecified atom stereocenters. The van der Waals surface area contributed by atoms with Gasteiger partial charge in [-0.2, -0.15) is 0 Å². The summed E-state index contributed by atoms with van der Waals surface area (Å²) in [5.41, 5.74) is 5.11. The van der Waals surface area contributed by atoms with E-state index in [2.05, 4.69) is 86.9 Å². The summed E-state index contributed by atoms with van der Waals surface area (Å²) in [6, 6.07) is 50.8. The Bertz CT molecular complexity index is 4850. The molecule has 2 radical (unpaired) electrons. The van der Waals surface area contributed by atoms with E-state index >= 15 is 0 Å². The smallest absolute Gasteiger partial charge is 0.537 e. The summed E-state index contributed by atoms with van der Waals surface area (Å²) in [5.74, 6) is -4.55. The average Bonchev–Trinajstić information content (AvgIpc) is 0.870. The molecule has 0 spiro atoms. The number of rotatable bonds is 14. The minimum Gasteiger partial charge on any atom is -0.537 e. The van der Waals surface area contributed by atoms with Gasteiger partial charge in [-0.3, -0.25) is 0 Å². The van der Waals surface area contributed by atoms with Crippen molar-refractivity contribution in [3.8, 4) is 56.0 Å². The second-order valence-electron chi connectivity index (χ2n) is 23.9. The molecule has 0 amide bonds. The molecule has 13 rings (SSSR count). The fourth-order valence-electron chi connectivity index (χ4n) is 9.76. The maximum atomic E-state index is 14.2. The SMILES string of the molecule is C1CCOC1.CCCCc1ccc(-c2cc(F)c(I)c(Cl)c2)c(F)c1.CCCCc1ccc(-c2cc(F)cc(Cl)c2)c(F)c1.Fc1cc(Br)ccc1I.Fc1cc(Cl)cc(-c2ccc(Br)cc2F)c1.Fc1cc(Cl)cc(-c2ccc(Br)cc2F)c1.Fc1cc(Cl)cc(Br)c1.O[B]Oc1cc(F)cc(Cl)c1.O[B]Oc1cc(F)cc(Cl)c1. The molecule has 0 bridgehead atoms. The monoisotopic (exact) mass is 2220 g/mol. The predicted octanol–water partition coefficient (Wildman–Crippen LogP) is 32.0. The van der Waals surface area contributed by atoms with Crippen LogP contribution in [0.25, 0.3) is 44.5 Å². The fraction of sp³-hybridized carbons (Fsp3) is 0.143. The highest BCUT2D eigenvalue weighted by molar-refractivity contribution is 14.1. The van der Waals surface area contributed by atoms with Gasteiger partial charge in [0, 0.05) is 99.2 Å². The lowest BCUT2D eigenvalue weighted by molar-refractivity contribution is 0.198. The van der Waals surface area contributed by atoms with Gasteiger partial charge in [0.25, 0.3) is 0 Å². The summed E-state index contributed by atoms with van der Waals surface area (Å²) in [6.07, 6.45) is 8.48. The fourth-order valence-corrected chi connectivity index (χ4v) is 13.5. The molecule has 5 nitrogen and oxygen atoms in total. The van der Waals surface area contributed by atoms with E-state index in [4.69, 9.17) is 96.0 Å². The summed E-state index contributed by atoms with van der Waals surface area (Å²) in [7, 11) is 0.927. The maximum Gasteiger partial charge on any atom is 0.569 e. The normalized spacial score (nSPS) is 10.8. The Hall–Kier alpha value is -5.18. The zero-order valence-corrected chi connectivity index (χ0v) is 76.5. The molecule has 1 saturated heterocycles. The van der Waals surface area contributed by atoms with Crippen molar-refractivity contribution in [1.82, 2.24) is 0 Å². The molecule has 0 aliphatic carbocycles. The third kappa shape index (κ3) is 37.8. The molecule has 116 heavy (non-hydrogen) atoms. The van der Waals surface area contributed by atoms with Crippen LogP contribution in [0.3, 0.4) is 0 Å². The molecular formula is C84H63B2Br4Cl7F12I2O5. The van der Waals surface area contributed by atoms with Crippen LogP contribution in [-0.2, 0) is 17.6 Å². The van der Waals surface area contributed by atoms with Crippen molar-refractivity contribution in [3.63, 3.8) is 0 Å². The summed E-state index contributed by atoms with van der Waals surface area (Å²) in [4.78, 5) is 0. The molecule has 0 atom stereocenters. The summed E-state index contributed by atoms with van der Waals surface area (Å²) < 4.78 is 176. The zero-order valence-electron chi connectivity index (χ0n) is 60.5. The highest BCUT2D eigenvalue weighted by atomic mass is 127. The van der Waals surface area contributed by atoms with E-state index in [-0.39, 0.29) is 59.9 Å². The minimum absolute atomic E-state index is 0.164. The van der Waals surface area contributed by atoms with Gasteiger partial charge in [-0.1, -0.05) is 208 Å². The third-order valence-corrected chi connectivity index (χ3v) is 20.8. The van der Waals surface area contributed by atoms with Crippen LogP contribution in [0, 0.1) is 76.9 Å². The van der Waals surface area contributed by atoms with Gasteiger partial charge in [-0.15, -0.1) is 0 Å². The van der Waals surface area contributed by atoms with E-state index in [1.807, 2.05) is 63.4 Å². The van der Waals surface area contributed by atoms with E-state index in [1.54, 1.807) is 60.7 Å². The molecule has 0 aromatic heterocycles. The van der Waals surface area contributed by atoms with E-state index in [0.717, 1.165) is 91.6 Å². The van der Waals surface area contributed by atoms with Crippen molar-refractivity contribution in [2.24, 2.45) is 0 Å². The first-order valence-electron chi connectivity index (χ1n) is 34.1. The van der Waals surface area contributed by atoms with Crippen LogP contribution in [0.5, 0.6) is 11.5 Å². The largest absolute Gasteiger partial charge is 0.569 e. The van der Waals surface area contributed by atoms with Crippen molar-refractivity contribution in [2.45, 2.75) is 65.2 Å². The van der Waals surface area contributed by atoms with Crippen molar-refractivity contribution in [1.29, 1.82) is 0 Å². The molecule has 12 aromatic rings. The minimum atomic E-state index is -0.505. The van der Waals surface area contributed by atoms with Crippen LogP contribution >= 0.6 is 190 Å². The average molecular weight is 2220 g/mol. The molecule has 0 saturated carbocycles. The van der Waals surface area contributed by atoms with Gasteiger partial charge < -0.3 is 24.1 Å². The van der Waals surface area contributed by atoms with Crippen molar-refractivity contribution in [2.75, 3.05) is 13.2 Å². The van der Waals surface area contributed by atoms with Gasteiger partial charge in [-0.05, 0) is 281 Å². The Morgan fingerprint density at radius 3 is 0.948 bits per heavy atom. The lowest BCUT2D eigenvalue weighted by Crippen LogP contribution is -1.99. The molecule has 1 aliphatic rings. The molecule has 12 aromatic carbocycles. The number of unbranched alkanes of at least 4 members (excludes halogenated alkanes) is 2. The Kier molecular flexibility index (Phi) is 46.8. The summed E-state index contributed by atoms with van der Waals surface area (Å²) in [5, 5.41) is 18.3. The highest BCUT2D eigenvalue weighted by Gasteiger charge is 2.15. The van der Waals surface area contributed by atoms with Crippen LogP contribution in [0.4, 0.5) is 52.7 Å². The predicted molar refractivity (Wildman–Crippen MR) is 479 cm³/mol.